The Hall–Kier alpha value is -2.04. The lowest BCUT2D eigenvalue weighted by atomic mass is 9.89. The number of aryl methyl sites for hydroxylation is 1. The number of hydrogen-bond donors (Lipinski definition) is 0. The first-order valence-electron chi connectivity index (χ1n) is 10.0. The van der Waals surface area contributed by atoms with Gasteiger partial charge in [0.05, 0.1) is 12.3 Å². The molecule has 1 aromatic carbocycles. The van der Waals surface area contributed by atoms with E-state index in [-0.39, 0.29) is 11.3 Å². The zero-order valence-corrected chi connectivity index (χ0v) is 17.7. The van der Waals surface area contributed by atoms with Crippen molar-refractivity contribution < 1.29 is 14.1 Å². The van der Waals surface area contributed by atoms with Gasteiger partial charge < -0.3 is 14.2 Å². The minimum atomic E-state index is 0.110. The Morgan fingerprint density at radius 1 is 1.26 bits per heavy atom. The average molecular weight is 375 g/mol. The van der Waals surface area contributed by atoms with Gasteiger partial charge in [0.25, 0.3) is 0 Å². The molecule has 27 heavy (non-hydrogen) atoms. The molecule has 0 saturated carbocycles. The fraction of sp³-hybridized carbons (Fsp3) is 0.636. The highest BCUT2D eigenvalue weighted by Crippen LogP contribution is 2.33. The van der Waals surface area contributed by atoms with Gasteiger partial charge in [0.1, 0.15) is 5.75 Å². The summed E-state index contributed by atoms with van der Waals surface area (Å²) >= 11 is 0. The first kappa shape index (κ1) is 21.3. The summed E-state index contributed by atoms with van der Waals surface area (Å²) in [6, 6.07) is 4.11. The molecule has 0 aliphatic carbocycles. The standard InChI is InChI=1S/C22H34N2O3/c1-7-10-18-20(26-14-9-13-24(8-2)16(3)25)12-11-17-19(15-22(4,5)6)23-27-21(17)18/h11-12H,7-10,13-15H2,1-6H3. The fourth-order valence-electron chi connectivity index (χ4n) is 3.32. The molecular formula is C22H34N2O3. The summed E-state index contributed by atoms with van der Waals surface area (Å²) in [6.07, 6.45) is 3.59. The maximum absolute atomic E-state index is 11.5. The second-order valence-corrected chi connectivity index (χ2v) is 8.34. The zero-order chi connectivity index (χ0) is 20.0. The Morgan fingerprint density at radius 3 is 2.59 bits per heavy atom. The number of benzene rings is 1. The first-order valence-corrected chi connectivity index (χ1v) is 10.0. The summed E-state index contributed by atoms with van der Waals surface area (Å²) < 4.78 is 11.8. The van der Waals surface area contributed by atoms with Gasteiger partial charge in [-0.15, -0.1) is 0 Å². The summed E-state index contributed by atoms with van der Waals surface area (Å²) in [5.41, 5.74) is 3.13. The summed E-state index contributed by atoms with van der Waals surface area (Å²) in [5.74, 6) is 0.979. The van der Waals surface area contributed by atoms with Crippen LogP contribution >= 0.6 is 0 Å². The summed E-state index contributed by atoms with van der Waals surface area (Å²) in [6.45, 7) is 14.4. The van der Waals surface area contributed by atoms with Gasteiger partial charge >= 0.3 is 0 Å². The molecule has 0 saturated heterocycles. The highest BCUT2D eigenvalue weighted by molar-refractivity contribution is 5.84. The van der Waals surface area contributed by atoms with E-state index in [0.29, 0.717) is 6.61 Å². The van der Waals surface area contributed by atoms with Crippen LogP contribution in [0.4, 0.5) is 0 Å². The van der Waals surface area contributed by atoms with Gasteiger partial charge in [-0.3, -0.25) is 4.79 Å². The molecule has 0 unspecified atom stereocenters. The van der Waals surface area contributed by atoms with E-state index >= 15 is 0 Å². The van der Waals surface area contributed by atoms with E-state index in [0.717, 1.165) is 66.7 Å². The molecule has 5 nitrogen and oxygen atoms in total. The Kier molecular flexibility index (Phi) is 7.28. The van der Waals surface area contributed by atoms with E-state index < -0.39 is 0 Å². The van der Waals surface area contributed by atoms with Crippen LogP contribution < -0.4 is 4.74 Å². The number of fused-ring (bicyclic) bond motifs is 1. The van der Waals surface area contributed by atoms with Gasteiger partial charge in [0, 0.05) is 31.0 Å². The molecule has 5 heteroatoms. The Bertz CT molecular complexity index is 759. The molecule has 0 N–H and O–H groups in total. The molecule has 1 aromatic heterocycles. The van der Waals surface area contributed by atoms with E-state index in [1.165, 1.54) is 0 Å². The van der Waals surface area contributed by atoms with E-state index in [2.05, 4.69) is 38.9 Å². The van der Waals surface area contributed by atoms with Crippen molar-refractivity contribution >= 4 is 16.9 Å². The number of nitrogens with zero attached hydrogens (tertiary/aromatic N) is 2. The normalized spacial score (nSPS) is 11.8. The van der Waals surface area contributed by atoms with Gasteiger partial charge in [0.2, 0.25) is 5.91 Å². The fourth-order valence-corrected chi connectivity index (χ4v) is 3.32. The zero-order valence-electron chi connectivity index (χ0n) is 17.7. The summed E-state index contributed by atoms with van der Waals surface area (Å²) in [4.78, 5) is 13.3. The average Bonchev–Trinajstić information content (AvgIpc) is 2.97. The van der Waals surface area contributed by atoms with E-state index in [1.807, 2.05) is 17.9 Å². The van der Waals surface area contributed by atoms with Crippen LogP contribution in [0.2, 0.25) is 0 Å². The predicted molar refractivity (Wildman–Crippen MR) is 109 cm³/mol. The second-order valence-electron chi connectivity index (χ2n) is 8.34. The maximum atomic E-state index is 11.5. The van der Waals surface area contributed by atoms with Crippen LogP contribution in [0, 0.1) is 5.41 Å². The molecule has 0 aliphatic rings. The SMILES string of the molecule is CCCc1c(OCCCN(CC)C(C)=O)ccc2c(CC(C)(C)C)noc12. The molecule has 1 heterocycles. The van der Waals surface area contributed by atoms with Crippen molar-refractivity contribution in [2.24, 2.45) is 5.41 Å². The quantitative estimate of drug-likeness (QED) is 0.579. The summed E-state index contributed by atoms with van der Waals surface area (Å²) in [5, 5.41) is 5.43. The number of amides is 1. The minimum Gasteiger partial charge on any atom is -0.493 e. The highest BCUT2D eigenvalue weighted by Gasteiger charge is 2.20. The molecule has 2 rings (SSSR count). The molecule has 0 fully saturated rings. The van der Waals surface area contributed by atoms with Gasteiger partial charge in [-0.1, -0.05) is 39.3 Å². The smallest absolute Gasteiger partial charge is 0.219 e. The van der Waals surface area contributed by atoms with E-state index in [4.69, 9.17) is 9.26 Å². The van der Waals surface area contributed by atoms with Gasteiger partial charge in [-0.2, -0.15) is 0 Å². The van der Waals surface area contributed by atoms with Gasteiger partial charge in [-0.05, 0) is 43.7 Å². The first-order chi connectivity index (χ1) is 12.8. The second kappa shape index (κ2) is 9.25. The van der Waals surface area contributed by atoms with Crippen molar-refractivity contribution in [1.82, 2.24) is 10.1 Å². The topological polar surface area (TPSA) is 55.6 Å². The predicted octanol–water partition coefficient (Wildman–Crippen LogP) is 5.01. The lowest BCUT2D eigenvalue weighted by molar-refractivity contribution is -0.128. The van der Waals surface area contributed by atoms with Crippen molar-refractivity contribution in [3.05, 3.63) is 23.4 Å². The van der Waals surface area contributed by atoms with Crippen LogP contribution in [0.15, 0.2) is 16.7 Å². The van der Waals surface area contributed by atoms with Gasteiger partial charge in [0.15, 0.2) is 5.58 Å². The molecule has 1 amide bonds. The molecule has 0 spiro atoms. The molecule has 0 bridgehead atoms. The van der Waals surface area contributed by atoms with Crippen molar-refractivity contribution in [2.45, 2.75) is 67.2 Å². The van der Waals surface area contributed by atoms with Crippen LogP contribution in [0.1, 0.15) is 65.6 Å². The number of rotatable bonds is 9. The third-order valence-electron chi connectivity index (χ3n) is 4.63. The largest absolute Gasteiger partial charge is 0.493 e. The third kappa shape index (κ3) is 5.72. The van der Waals surface area contributed by atoms with Crippen LogP contribution in [0.5, 0.6) is 5.75 Å². The lowest BCUT2D eigenvalue weighted by Crippen LogP contribution is -2.30. The molecule has 0 atom stereocenters. The number of carbonyl (C=O) groups excluding carboxylic acids is 1. The molecule has 0 aliphatic heterocycles. The van der Waals surface area contributed by atoms with Crippen molar-refractivity contribution in [3.8, 4) is 5.75 Å². The molecule has 150 valence electrons. The van der Waals surface area contributed by atoms with Crippen LogP contribution in [0.25, 0.3) is 11.0 Å². The van der Waals surface area contributed by atoms with Crippen molar-refractivity contribution in [2.75, 3.05) is 19.7 Å². The van der Waals surface area contributed by atoms with Crippen LogP contribution in [0.3, 0.4) is 0 Å². The summed E-state index contributed by atoms with van der Waals surface area (Å²) in [7, 11) is 0. The van der Waals surface area contributed by atoms with E-state index in [1.54, 1.807) is 6.92 Å². The Morgan fingerprint density at radius 2 is 2.00 bits per heavy atom. The molecular weight excluding hydrogens is 340 g/mol. The maximum Gasteiger partial charge on any atom is 0.219 e. The molecule has 0 radical (unpaired) electrons. The molecule has 2 aromatic rings. The third-order valence-corrected chi connectivity index (χ3v) is 4.63. The number of carbonyl (C=O) groups is 1. The van der Waals surface area contributed by atoms with Crippen molar-refractivity contribution in [1.29, 1.82) is 0 Å². The van der Waals surface area contributed by atoms with Crippen LogP contribution in [-0.4, -0.2) is 35.7 Å². The Balaban J connectivity index is 2.14. The Labute approximate surface area is 163 Å². The van der Waals surface area contributed by atoms with Gasteiger partial charge in [-0.25, -0.2) is 0 Å². The van der Waals surface area contributed by atoms with E-state index in [9.17, 15) is 4.79 Å². The lowest BCUT2D eigenvalue weighted by Gasteiger charge is -2.19. The number of hydrogen-bond acceptors (Lipinski definition) is 4. The highest BCUT2D eigenvalue weighted by atomic mass is 16.5. The number of aromatic nitrogens is 1. The van der Waals surface area contributed by atoms with Crippen molar-refractivity contribution in [3.63, 3.8) is 0 Å². The monoisotopic (exact) mass is 374 g/mol. The van der Waals surface area contributed by atoms with Crippen LogP contribution in [-0.2, 0) is 17.6 Å². The number of ether oxygens (including phenoxy) is 1. The minimum absolute atomic E-state index is 0.110.